The van der Waals surface area contributed by atoms with Crippen LogP contribution in [0.3, 0.4) is 0 Å². The summed E-state index contributed by atoms with van der Waals surface area (Å²) in [4.78, 5) is 22.2. The first-order valence-corrected chi connectivity index (χ1v) is 7.91. The molecule has 0 aliphatic carbocycles. The van der Waals surface area contributed by atoms with E-state index in [1.165, 1.54) is 24.4 Å². The molecule has 2 atom stereocenters. The lowest BCUT2D eigenvalue weighted by molar-refractivity contribution is -0.130. The first-order chi connectivity index (χ1) is 9.99. The highest BCUT2D eigenvalue weighted by Gasteiger charge is 2.25. The molecular formula is C14H19N5OS. The first-order valence-electron chi connectivity index (χ1n) is 6.92. The van der Waals surface area contributed by atoms with Gasteiger partial charge in [0.1, 0.15) is 17.5 Å². The predicted molar refractivity (Wildman–Crippen MR) is 81.4 cm³/mol. The van der Waals surface area contributed by atoms with E-state index < -0.39 is 0 Å². The zero-order chi connectivity index (χ0) is 15.4. The van der Waals surface area contributed by atoms with Gasteiger partial charge in [0.2, 0.25) is 5.91 Å². The molecule has 6 nitrogen and oxygen atoms in total. The highest BCUT2D eigenvalue weighted by molar-refractivity contribution is 7.99. The van der Waals surface area contributed by atoms with E-state index in [9.17, 15) is 4.79 Å². The van der Waals surface area contributed by atoms with Crippen LogP contribution in [-0.4, -0.2) is 39.6 Å². The van der Waals surface area contributed by atoms with Crippen LogP contribution in [0.1, 0.15) is 25.8 Å². The summed E-state index contributed by atoms with van der Waals surface area (Å²) in [6, 6.07) is 1.91. The van der Waals surface area contributed by atoms with Crippen molar-refractivity contribution in [2.75, 3.05) is 24.6 Å². The molecule has 1 aliphatic heterocycles. The number of hydrogen-bond donors (Lipinski definition) is 1. The van der Waals surface area contributed by atoms with Crippen molar-refractivity contribution in [1.82, 2.24) is 14.9 Å². The van der Waals surface area contributed by atoms with Gasteiger partial charge in [0.25, 0.3) is 0 Å². The topological polar surface area (TPSA) is 95.9 Å². The Morgan fingerprint density at radius 2 is 2.19 bits per heavy atom. The molecule has 1 fully saturated rings. The largest absolute Gasteiger partial charge is 0.382 e. The number of nitrogens with two attached hydrogens (primary N) is 1. The van der Waals surface area contributed by atoms with E-state index in [0.29, 0.717) is 22.7 Å². The van der Waals surface area contributed by atoms with Crippen molar-refractivity contribution in [3.8, 4) is 6.07 Å². The van der Waals surface area contributed by atoms with E-state index in [0.717, 1.165) is 13.1 Å². The maximum atomic E-state index is 12.2. The van der Waals surface area contributed by atoms with Crippen LogP contribution in [0.15, 0.2) is 11.4 Å². The number of carbonyl (C=O) groups excluding carboxylic acids is 1. The summed E-state index contributed by atoms with van der Waals surface area (Å²) < 4.78 is 0. The van der Waals surface area contributed by atoms with Gasteiger partial charge in [-0.25, -0.2) is 9.97 Å². The number of carbonyl (C=O) groups is 1. The van der Waals surface area contributed by atoms with Crippen LogP contribution in [0, 0.1) is 23.2 Å². The molecule has 1 aliphatic rings. The summed E-state index contributed by atoms with van der Waals surface area (Å²) in [5.41, 5.74) is 5.89. The SMILES string of the molecule is C[C@H]1C[C@H](C)CN(C(=O)CSc2ncc(C#N)c(N)n2)C1. The number of nitriles is 1. The molecule has 0 unspecified atom stereocenters. The number of piperidine rings is 1. The van der Waals surface area contributed by atoms with Crippen molar-refractivity contribution in [3.05, 3.63) is 11.8 Å². The molecular weight excluding hydrogens is 286 g/mol. The highest BCUT2D eigenvalue weighted by atomic mass is 32.2. The minimum absolute atomic E-state index is 0.102. The maximum absolute atomic E-state index is 12.2. The van der Waals surface area contributed by atoms with Gasteiger partial charge in [-0.3, -0.25) is 4.79 Å². The zero-order valence-corrected chi connectivity index (χ0v) is 13.1. The van der Waals surface area contributed by atoms with E-state index in [4.69, 9.17) is 11.0 Å². The second-order valence-corrected chi connectivity index (χ2v) is 6.54. The Bertz CT molecular complexity index is 561. The molecule has 21 heavy (non-hydrogen) atoms. The molecule has 0 bridgehead atoms. The molecule has 7 heteroatoms. The number of rotatable bonds is 3. The fourth-order valence-electron chi connectivity index (χ4n) is 2.62. The molecule has 0 saturated carbocycles. The number of aromatic nitrogens is 2. The third kappa shape index (κ3) is 4.08. The van der Waals surface area contributed by atoms with Gasteiger partial charge in [-0.15, -0.1) is 0 Å². The maximum Gasteiger partial charge on any atom is 0.233 e. The molecule has 1 amide bonds. The molecule has 112 valence electrons. The second-order valence-electron chi connectivity index (χ2n) is 5.60. The molecule has 0 spiro atoms. The lowest BCUT2D eigenvalue weighted by Gasteiger charge is -2.34. The summed E-state index contributed by atoms with van der Waals surface area (Å²) >= 11 is 1.26. The van der Waals surface area contributed by atoms with E-state index in [1.54, 1.807) is 0 Å². The summed E-state index contributed by atoms with van der Waals surface area (Å²) in [7, 11) is 0. The molecule has 1 aromatic rings. The molecule has 0 aromatic carbocycles. The third-order valence-corrected chi connectivity index (χ3v) is 4.31. The summed E-state index contributed by atoms with van der Waals surface area (Å²) in [5, 5.41) is 9.20. The van der Waals surface area contributed by atoms with E-state index in [2.05, 4.69) is 23.8 Å². The monoisotopic (exact) mass is 305 g/mol. The Morgan fingerprint density at radius 1 is 1.52 bits per heavy atom. The van der Waals surface area contributed by atoms with Gasteiger partial charge in [-0.2, -0.15) is 5.26 Å². The average Bonchev–Trinajstić information content (AvgIpc) is 2.43. The Balaban J connectivity index is 1.92. The predicted octanol–water partition coefficient (Wildman–Crippen LogP) is 1.53. The summed E-state index contributed by atoms with van der Waals surface area (Å²) in [5.74, 6) is 1.65. The zero-order valence-electron chi connectivity index (χ0n) is 12.2. The minimum atomic E-state index is 0.102. The van der Waals surface area contributed by atoms with Crippen LogP contribution >= 0.6 is 11.8 Å². The lowest BCUT2D eigenvalue weighted by atomic mass is 9.92. The first kappa shape index (κ1) is 15.6. The summed E-state index contributed by atoms with van der Waals surface area (Å²) in [6.45, 7) is 5.99. The van der Waals surface area contributed by atoms with Crippen LogP contribution in [-0.2, 0) is 4.79 Å². The van der Waals surface area contributed by atoms with Crippen LogP contribution in [0.25, 0.3) is 0 Å². The Hall–Kier alpha value is -1.81. The third-order valence-electron chi connectivity index (χ3n) is 3.46. The minimum Gasteiger partial charge on any atom is -0.382 e. The van der Waals surface area contributed by atoms with Gasteiger partial charge in [0.05, 0.1) is 11.9 Å². The van der Waals surface area contributed by atoms with Crippen molar-refractivity contribution in [2.45, 2.75) is 25.4 Å². The van der Waals surface area contributed by atoms with Gasteiger partial charge < -0.3 is 10.6 Å². The van der Waals surface area contributed by atoms with Crippen molar-refractivity contribution in [2.24, 2.45) is 11.8 Å². The quantitative estimate of drug-likeness (QED) is 0.672. The standard InChI is InChI=1S/C14H19N5OS/c1-9-3-10(2)7-19(6-9)12(20)8-21-14-17-5-11(4-15)13(16)18-14/h5,9-10H,3,6-8H2,1-2H3,(H2,16,17,18)/t9-,10-/m0/s1. The van der Waals surface area contributed by atoms with Crippen LogP contribution in [0.2, 0.25) is 0 Å². The van der Waals surface area contributed by atoms with Crippen LogP contribution in [0.4, 0.5) is 5.82 Å². The number of thioether (sulfide) groups is 1. The van der Waals surface area contributed by atoms with Gasteiger partial charge in [-0.05, 0) is 18.3 Å². The van der Waals surface area contributed by atoms with Crippen molar-refractivity contribution in [1.29, 1.82) is 5.26 Å². The fraction of sp³-hybridized carbons (Fsp3) is 0.571. The van der Waals surface area contributed by atoms with Gasteiger partial charge in [0, 0.05) is 13.1 Å². The van der Waals surface area contributed by atoms with Crippen LogP contribution in [0.5, 0.6) is 0 Å². The van der Waals surface area contributed by atoms with E-state index in [-0.39, 0.29) is 17.3 Å². The number of likely N-dealkylation sites (tertiary alicyclic amines) is 1. The molecule has 1 aromatic heterocycles. The van der Waals surface area contributed by atoms with Gasteiger partial charge in [-0.1, -0.05) is 25.6 Å². The highest BCUT2D eigenvalue weighted by Crippen LogP contribution is 2.23. The normalized spacial score (nSPS) is 21.9. The Kier molecular flexibility index (Phi) is 5.02. The number of nitrogens with zero attached hydrogens (tertiary/aromatic N) is 4. The van der Waals surface area contributed by atoms with E-state index in [1.807, 2.05) is 11.0 Å². The smallest absolute Gasteiger partial charge is 0.233 e. The number of anilines is 1. The molecule has 0 radical (unpaired) electrons. The molecule has 2 heterocycles. The van der Waals surface area contributed by atoms with E-state index >= 15 is 0 Å². The van der Waals surface area contributed by atoms with Gasteiger partial charge in [0.15, 0.2) is 5.16 Å². The van der Waals surface area contributed by atoms with Crippen molar-refractivity contribution in [3.63, 3.8) is 0 Å². The van der Waals surface area contributed by atoms with Crippen LogP contribution < -0.4 is 5.73 Å². The van der Waals surface area contributed by atoms with Crippen molar-refractivity contribution < 1.29 is 4.79 Å². The summed E-state index contributed by atoms with van der Waals surface area (Å²) in [6.07, 6.45) is 2.56. The van der Waals surface area contributed by atoms with Crippen molar-refractivity contribution >= 4 is 23.5 Å². The Morgan fingerprint density at radius 3 is 2.76 bits per heavy atom. The molecule has 2 rings (SSSR count). The number of nitrogen functional groups attached to an aromatic ring is 1. The number of amides is 1. The lowest BCUT2D eigenvalue weighted by Crippen LogP contribution is -2.43. The average molecular weight is 305 g/mol. The number of hydrogen-bond acceptors (Lipinski definition) is 6. The fourth-order valence-corrected chi connectivity index (χ4v) is 3.34. The molecule has 2 N–H and O–H groups in total. The Labute approximate surface area is 128 Å². The molecule has 1 saturated heterocycles. The van der Waals surface area contributed by atoms with Gasteiger partial charge >= 0.3 is 0 Å². The second kappa shape index (κ2) is 6.76.